The van der Waals surface area contributed by atoms with E-state index in [0.717, 1.165) is 12.8 Å². The first-order chi connectivity index (χ1) is 8.91. The molecule has 6 nitrogen and oxygen atoms in total. The lowest BCUT2D eigenvalue weighted by molar-refractivity contribution is -0.145. The van der Waals surface area contributed by atoms with Crippen LogP contribution >= 0.6 is 0 Å². The van der Waals surface area contributed by atoms with Crippen LogP contribution in [-0.4, -0.2) is 39.5 Å². The summed E-state index contributed by atoms with van der Waals surface area (Å²) in [6.45, 7) is 5.65. The molecular formula is C13H18N2O4. The summed E-state index contributed by atoms with van der Waals surface area (Å²) in [6.07, 6.45) is 1.62. The highest BCUT2D eigenvalue weighted by Crippen LogP contribution is 2.26. The molecule has 0 spiro atoms. The molecule has 2 unspecified atom stereocenters. The van der Waals surface area contributed by atoms with Crippen molar-refractivity contribution in [3.05, 3.63) is 17.3 Å². The number of aryl methyl sites for hydroxylation is 2. The molecule has 19 heavy (non-hydrogen) atoms. The van der Waals surface area contributed by atoms with Crippen LogP contribution in [-0.2, 0) is 4.79 Å². The molecule has 104 valence electrons. The number of hydrogen-bond donors (Lipinski definition) is 1. The molecule has 1 amide bonds. The largest absolute Gasteiger partial charge is 0.480 e. The van der Waals surface area contributed by atoms with Gasteiger partial charge in [-0.25, -0.2) is 9.78 Å². The number of hydrogen-bond acceptors (Lipinski definition) is 4. The maximum absolute atomic E-state index is 12.4. The second-order valence-corrected chi connectivity index (χ2v) is 5.05. The number of rotatable bonds is 2. The van der Waals surface area contributed by atoms with Gasteiger partial charge in [-0.3, -0.25) is 4.79 Å². The number of nitrogens with zero attached hydrogens (tertiary/aromatic N) is 2. The number of carboxylic acid groups (broad SMARTS) is 1. The van der Waals surface area contributed by atoms with E-state index in [-0.39, 0.29) is 17.6 Å². The molecule has 0 bridgehead atoms. The van der Waals surface area contributed by atoms with Crippen molar-refractivity contribution in [2.45, 2.75) is 39.7 Å². The number of piperidine rings is 1. The van der Waals surface area contributed by atoms with E-state index in [1.54, 1.807) is 13.8 Å². The van der Waals surface area contributed by atoms with E-state index in [9.17, 15) is 14.7 Å². The van der Waals surface area contributed by atoms with Crippen molar-refractivity contribution in [1.82, 2.24) is 9.88 Å². The molecule has 1 aliphatic heterocycles. The van der Waals surface area contributed by atoms with Crippen LogP contribution in [0.2, 0.25) is 0 Å². The number of likely N-dealkylation sites (tertiary alicyclic amines) is 1. The van der Waals surface area contributed by atoms with E-state index in [1.165, 1.54) is 4.90 Å². The lowest BCUT2D eigenvalue weighted by Gasteiger charge is -2.36. The summed E-state index contributed by atoms with van der Waals surface area (Å²) >= 11 is 0. The van der Waals surface area contributed by atoms with E-state index in [4.69, 9.17) is 4.42 Å². The quantitative estimate of drug-likeness (QED) is 0.879. The Morgan fingerprint density at radius 1 is 1.42 bits per heavy atom. The summed E-state index contributed by atoms with van der Waals surface area (Å²) in [4.78, 5) is 29.2. The molecule has 6 heteroatoms. The van der Waals surface area contributed by atoms with Gasteiger partial charge in [-0.1, -0.05) is 6.92 Å². The van der Waals surface area contributed by atoms with Crippen LogP contribution in [0, 0.1) is 19.8 Å². The van der Waals surface area contributed by atoms with Gasteiger partial charge in [0.2, 0.25) is 5.76 Å². The summed E-state index contributed by atoms with van der Waals surface area (Å²) < 4.78 is 5.30. The molecule has 2 atom stereocenters. The maximum atomic E-state index is 12.4. The first-order valence-corrected chi connectivity index (χ1v) is 6.39. The monoisotopic (exact) mass is 266 g/mol. The Bertz CT molecular complexity index is 509. The van der Waals surface area contributed by atoms with Gasteiger partial charge in [0.05, 0.1) is 5.69 Å². The average molecular weight is 266 g/mol. The minimum atomic E-state index is -0.963. The first-order valence-electron chi connectivity index (χ1n) is 6.39. The number of aromatic nitrogens is 1. The Labute approximate surface area is 111 Å². The molecule has 1 saturated heterocycles. The van der Waals surface area contributed by atoms with Gasteiger partial charge in [0.1, 0.15) is 6.04 Å². The van der Waals surface area contributed by atoms with Gasteiger partial charge >= 0.3 is 5.97 Å². The minimum absolute atomic E-state index is 0.0560. The highest BCUT2D eigenvalue weighted by molar-refractivity contribution is 5.95. The van der Waals surface area contributed by atoms with Crippen molar-refractivity contribution in [3.8, 4) is 0 Å². The molecule has 2 heterocycles. The van der Waals surface area contributed by atoms with Crippen molar-refractivity contribution in [2.75, 3.05) is 6.54 Å². The van der Waals surface area contributed by atoms with Gasteiger partial charge in [-0.2, -0.15) is 0 Å². The van der Waals surface area contributed by atoms with E-state index in [2.05, 4.69) is 4.98 Å². The third kappa shape index (κ3) is 2.47. The fourth-order valence-electron chi connectivity index (χ4n) is 2.65. The number of carbonyl (C=O) groups is 2. The van der Waals surface area contributed by atoms with Crippen molar-refractivity contribution in [3.63, 3.8) is 0 Å². The zero-order chi connectivity index (χ0) is 14.2. The number of oxazole rings is 1. The van der Waals surface area contributed by atoms with Crippen LogP contribution in [0.25, 0.3) is 0 Å². The molecule has 1 aromatic rings. The van der Waals surface area contributed by atoms with Gasteiger partial charge in [-0.05, 0) is 25.7 Å². The van der Waals surface area contributed by atoms with Gasteiger partial charge in [0, 0.05) is 13.5 Å². The highest BCUT2D eigenvalue weighted by Gasteiger charge is 2.38. The Balaban J connectivity index is 2.30. The van der Waals surface area contributed by atoms with Crippen LogP contribution < -0.4 is 0 Å². The van der Waals surface area contributed by atoms with E-state index >= 15 is 0 Å². The number of aliphatic carboxylic acids is 1. The molecule has 1 fully saturated rings. The number of amides is 1. The third-order valence-corrected chi connectivity index (χ3v) is 3.54. The zero-order valence-electron chi connectivity index (χ0n) is 11.3. The lowest BCUT2D eigenvalue weighted by atomic mass is 9.90. The number of carboxylic acids is 1. The molecule has 1 aliphatic rings. The third-order valence-electron chi connectivity index (χ3n) is 3.54. The fraction of sp³-hybridized carbons (Fsp3) is 0.615. The second-order valence-electron chi connectivity index (χ2n) is 5.05. The van der Waals surface area contributed by atoms with Gasteiger partial charge in [0.15, 0.2) is 5.89 Å². The van der Waals surface area contributed by atoms with Crippen LogP contribution in [0.15, 0.2) is 4.42 Å². The fourth-order valence-corrected chi connectivity index (χ4v) is 2.65. The Morgan fingerprint density at radius 3 is 2.63 bits per heavy atom. The second kappa shape index (κ2) is 5.03. The van der Waals surface area contributed by atoms with E-state index < -0.39 is 12.0 Å². The minimum Gasteiger partial charge on any atom is -0.480 e. The standard InChI is InChI=1S/C13H18N2O4/c1-7-5-4-6-15(10(7)13(17)18)12(16)11-8(2)14-9(3)19-11/h7,10H,4-6H2,1-3H3,(H,17,18). The predicted molar refractivity (Wildman–Crippen MR) is 66.8 cm³/mol. The maximum Gasteiger partial charge on any atom is 0.326 e. The van der Waals surface area contributed by atoms with Crippen molar-refractivity contribution >= 4 is 11.9 Å². The van der Waals surface area contributed by atoms with Crippen LogP contribution in [0.5, 0.6) is 0 Å². The lowest BCUT2D eigenvalue weighted by Crippen LogP contribution is -2.52. The average Bonchev–Trinajstić information content (AvgIpc) is 2.66. The summed E-state index contributed by atoms with van der Waals surface area (Å²) in [7, 11) is 0. The molecule has 0 radical (unpaired) electrons. The normalized spacial score (nSPS) is 23.4. The summed E-state index contributed by atoms with van der Waals surface area (Å²) in [5.41, 5.74) is 0.505. The summed E-state index contributed by atoms with van der Waals surface area (Å²) in [5, 5.41) is 9.31. The molecule has 0 aromatic carbocycles. The van der Waals surface area contributed by atoms with Crippen molar-refractivity contribution in [2.24, 2.45) is 5.92 Å². The van der Waals surface area contributed by atoms with Gasteiger partial charge < -0.3 is 14.4 Å². The highest BCUT2D eigenvalue weighted by atomic mass is 16.4. The molecule has 0 aliphatic carbocycles. The molecule has 1 aromatic heterocycles. The van der Waals surface area contributed by atoms with E-state index in [0.29, 0.717) is 18.1 Å². The number of carbonyl (C=O) groups excluding carboxylic acids is 1. The zero-order valence-corrected chi connectivity index (χ0v) is 11.3. The Kier molecular flexibility index (Phi) is 3.59. The smallest absolute Gasteiger partial charge is 0.326 e. The summed E-state index contributed by atoms with van der Waals surface area (Å²) in [6, 6.07) is -0.786. The topological polar surface area (TPSA) is 83.6 Å². The molecule has 2 rings (SSSR count). The van der Waals surface area contributed by atoms with Gasteiger partial charge in [0.25, 0.3) is 5.91 Å². The molecular weight excluding hydrogens is 248 g/mol. The first kappa shape index (κ1) is 13.6. The van der Waals surface area contributed by atoms with Gasteiger partial charge in [-0.15, -0.1) is 0 Å². The van der Waals surface area contributed by atoms with Crippen LogP contribution in [0.4, 0.5) is 0 Å². The molecule has 1 N–H and O–H groups in total. The van der Waals surface area contributed by atoms with Crippen LogP contribution in [0.3, 0.4) is 0 Å². The Morgan fingerprint density at radius 2 is 2.11 bits per heavy atom. The SMILES string of the molecule is Cc1nc(C)c(C(=O)N2CCCC(C)C2C(=O)O)o1. The Hall–Kier alpha value is -1.85. The van der Waals surface area contributed by atoms with Crippen molar-refractivity contribution in [1.29, 1.82) is 0 Å². The van der Waals surface area contributed by atoms with Crippen molar-refractivity contribution < 1.29 is 19.1 Å². The van der Waals surface area contributed by atoms with Crippen LogP contribution in [0.1, 0.15) is 41.9 Å². The predicted octanol–water partition coefficient (Wildman–Crippen LogP) is 1.62. The molecule has 0 saturated carbocycles. The summed E-state index contributed by atoms with van der Waals surface area (Å²) in [5.74, 6) is -0.832. The van der Waals surface area contributed by atoms with E-state index in [1.807, 2.05) is 6.92 Å².